The molecule has 0 spiro atoms. The van der Waals surface area contributed by atoms with E-state index in [0.29, 0.717) is 28.6 Å². The first-order valence-electron chi connectivity index (χ1n) is 7.59. The second-order valence-electron chi connectivity index (χ2n) is 5.94. The Bertz CT molecular complexity index is 695. The molecule has 134 valence electrons. The van der Waals surface area contributed by atoms with Crippen molar-refractivity contribution in [3.63, 3.8) is 0 Å². The highest BCUT2D eigenvalue weighted by Gasteiger charge is 2.31. The van der Waals surface area contributed by atoms with Crippen molar-refractivity contribution in [1.29, 1.82) is 0 Å². The number of nitrogens with zero attached hydrogens (tertiary/aromatic N) is 1. The molecule has 2 rings (SSSR count). The summed E-state index contributed by atoms with van der Waals surface area (Å²) in [6, 6.07) is 4.10. The Morgan fingerprint density at radius 3 is 2.50 bits per heavy atom. The summed E-state index contributed by atoms with van der Waals surface area (Å²) in [5.74, 6) is 0.0993. The molecule has 0 radical (unpaired) electrons. The SMILES string of the molecule is C[C@H](O)CN(C(=O)Nc1ccc(Cl)c(Cl)c1)C1CCS(=O)(=O)CC1. The maximum atomic E-state index is 12.6. The molecule has 0 aromatic heterocycles. The zero-order chi connectivity index (χ0) is 17.9. The Balaban J connectivity index is 2.11. The molecule has 2 N–H and O–H groups in total. The maximum absolute atomic E-state index is 12.6. The molecule has 0 unspecified atom stereocenters. The minimum atomic E-state index is -3.03. The van der Waals surface area contributed by atoms with Crippen LogP contribution in [0.25, 0.3) is 0 Å². The van der Waals surface area contributed by atoms with Crippen molar-refractivity contribution in [3.8, 4) is 0 Å². The number of carbonyl (C=O) groups is 1. The Morgan fingerprint density at radius 1 is 1.33 bits per heavy atom. The van der Waals surface area contributed by atoms with Crippen molar-refractivity contribution in [3.05, 3.63) is 28.2 Å². The zero-order valence-corrected chi connectivity index (χ0v) is 15.5. The number of aliphatic hydroxyl groups excluding tert-OH is 1. The van der Waals surface area contributed by atoms with E-state index in [1.165, 1.54) is 11.0 Å². The van der Waals surface area contributed by atoms with E-state index in [0.717, 1.165) is 0 Å². The van der Waals surface area contributed by atoms with E-state index in [2.05, 4.69) is 5.32 Å². The smallest absolute Gasteiger partial charge is 0.322 e. The number of halogens is 2. The second-order valence-corrected chi connectivity index (χ2v) is 9.06. The van der Waals surface area contributed by atoms with Crippen LogP contribution in [0.1, 0.15) is 19.8 Å². The average molecular weight is 395 g/mol. The first-order chi connectivity index (χ1) is 11.2. The average Bonchev–Trinajstić information content (AvgIpc) is 2.49. The number of nitrogens with one attached hydrogen (secondary N) is 1. The van der Waals surface area contributed by atoms with Crippen molar-refractivity contribution in [2.75, 3.05) is 23.4 Å². The van der Waals surface area contributed by atoms with E-state index in [-0.39, 0.29) is 24.1 Å². The van der Waals surface area contributed by atoms with Crippen molar-refractivity contribution < 1.29 is 18.3 Å². The number of aliphatic hydroxyl groups is 1. The number of amides is 2. The molecule has 0 aliphatic carbocycles. The van der Waals surface area contributed by atoms with Crippen LogP contribution in [0.4, 0.5) is 10.5 Å². The van der Waals surface area contributed by atoms with Crippen LogP contribution in [0.3, 0.4) is 0 Å². The number of hydrogen-bond acceptors (Lipinski definition) is 4. The van der Waals surface area contributed by atoms with Gasteiger partial charge in [-0.1, -0.05) is 23.2 Å². The van der Waals surface area contributed by atoms with E-state index in [4.69, 9.17) is 23.2 Å². The van der Waals surface area contributed by atoms with Gasteiger partial charge in [-0.15, -0.1) is 0 Å². The molecule has 1 aromatic rings. The standard InChI is InChI=1S/C15H20Cl2N2O4S/c1-10(20)9-19(12-4-6-24(22,23)7-5-12)15(21)18-11-2-3-13(16)14(17)8-11/h2-3,8,10,12,20H,4-7,9H2,1H3,(H,18,21)/t10-/m0/s1. The molecule has 0 bridgehead atoms. The van der Waals surface area contributed by atoms with Gasteiger partial charge in [-0.2, -0.15) is 0 Å². The molecule has 1 atom stereocenters. The van der Waals surface area contributed by atoms with Gasteiger partial charge in [0.15, 0.2) is 0 Å². The lowest BCUT2D eigenvalue weighted by molar-refractivity contribution is 0.114. The summed E-state index contributed by atoms with van der Waals surface area (Å²) in [7, 11) is -3.03. The van der Waals surface area contributed by atoms with Crippen LogP contribution in [-0.4, -0.2) is 54.7 Å². The molecule has 1 fully saturated rings. The Labute approximate surface area is 151 Å². The van der Waals surface area contributed by atoms with Crippen LogP contribution in [-0.2, 0) is 9.84 Å². The number of benzene rings is 1. The highest BCUT2D eigenvalue weighted by atomic mass is 35.5. The monoisotopic (exact) mass is 394 g/mol. The first-order valence-corrected chi connectivity index (χ1v) is 10.2. The molecule has 1 aliphatic rings. The van der Waals surface area contributed by atoms with Crippen LogP contribution in [0.2, 0.25) is 10.0 Å². The Kier molecular flexibility index (Phi) is 6.36. The summed E-state index contributed by atoms with van der Waals surface area (Å²) >= 11 is 11.8. The lowest BCUT2D eigenvalue weighted by atomic mass is 10.1. The first kappa shape index (κ1) is 19.3. The third-order valence-electron chi connectivity index (χ3n) is 3.86. The van der Waals surface area contributed by atoms with E-state index < -0.39 is 22.0 Å². The molecule has 24 heavy (non-hydrogen) atoms. The molecule has 1 aromatic carbocycles. The fraction of sp³-hybridized carbons (Fsp3) is 0.533. The van der Waals surface area contributed by atoms with E-state index >= 15 is 0 Å². The molecule has 1 aliphatic heterocycles. The van der Waals surface area contributed by atoms with Gasteiger partial charge in [-0.3, -0.25) is 0 Å². The predicted octanol–water partition coefficient (Wildman–Crippen LogP) is 2.79. The van der Waals surface area contributed by atoms with Crippen LogP contribution < -0.4 is 5.32 Å². The third-order valence-corrected chi connectivity index (χ3v) is 6.31. The normalized spacial score (nSPS) is 18.8. The summed E-state index contributed by atoms with van der Waals surface area (Å²) < 4.78 is 23.2. The molecule has 0 saturated carbocycles. The fourth-order valence-corrected chi connectivity index (χ4v) is 4.41. The number of urea groups is 1. The largest absolute Gasteiger partial charge is 0.392 e. The van der Waals surface area contributed by atoms with Crippen molar-refractivity contribution in [1.82, 2.24) is 4.90 Å². The number of hydrogen-bond donors (Lipinski definition) is 2. The molecule has 2 amide bonds. The van der Waals surface area contributed by atoms with Crippen LogP contribution in [0, 0.1) is 0 Å². The van der Waals surface area contributed by atoms with Crippen molar-refractivity contribution >= 4 is 44.8 Å². The van der Waals surface area contributed by atoms with Gasteiger partial charge in [-0.05, 0) is 38.0 Å². The van der Waals surface area contributed by atoms with Crippen LogP contribution >= 0.6 is 23.2 Å². The minimum absolute atomic E-state index is 0.0496. The summed E-state index contributed by atoms with van der Waals surface area (Å²) in [6.07, 6.45) is 0.0105. The summed E-state index contributed by atoms with van der Waals surface area (Å²) in [5.41, 5.74) is 0.480. The van der Waals surface area contributed by atoms with Gasteiger partial charge in [0.2, 0.25) is 0 Å². The molecular weight excluding hydrogens is 375 g/mol. The van der Waals surface area contributed by atoms with Gasteiger partial charge in [0, 0.05) is 18.3 Å². The quantitative estimate of drug-likeness (QED) is 0.821. The zero-order valence-electron chi connectivity index (χ0n) is 13.2. The van der Waals surface area contributed by atoms with Crippen LogP contribution in [0.5, 0.6) is 0 Å². The van der Waals surface area contributed by atoms with Gasteiger partial charge >= 0.3 is 6.03 Å². The minimum Gasteiger partial charge on any atom is -0.392 e. The summed E-state index contributed by atoms with van der Waals surface area (Å²) in [6.45, 7) is 1.71. The lowest BCUT2D eigenvalue weighted by Crippen LogP contribution is -2.49. The number of sulfone groups is 1. The number of anilines is 1. The maximum Gasteiger partial charge on any atom is 0.322 e. The molecule has 6 nitrogen and oxygen atoms in total. The second kappa shape index (κ2) is 7.91. The van der Waals surface area contributed by atoms with Crippen molar-refractivity contribution in [2.45, 2.75) is 31.9 Å². The van der Waals surface area contributed by atoms with Gasteiger partial charge < -0.3 is 15.3 Å². The molecule has 1 heterocycles. The van der Waals surface area contributed by atoms with Crippen molar-refractivity contribution in [2.24, 2.45) is 0 Å². The fourth-order valence-electron chi connectivity index (χ4n) is 2.64. The third kappa shape index (κ3) is 5.24. The number of carbonyl (C=O) groups excluding carboxylic acids is 1. The van der Waals surface area contributed by atoms with E-state index in [1.807, 2.05) is 0 Å². The Hall–Kier alpha value is -1.02. The van der Waals surface area contributed by atoms with Crippen LogP contribution in [0.15, 0.2) is 18.2 Å². The highest BCUT2D eigenvalue weighted by molar-refractivity contribution is 7.91. The topological polar surface area (TPSA) is 86.7 Å². The van der Waals surface area contributed by atoms with E-state index in [1.54, 1.807) is 19.1 Å². The predicted molar refractivity (Wildman–Crippen MR) is 95.5 cm³/mol. The van der Waals surface area contributed by atoms with Gasteiger partial charge in [0.05, 0.1) is 27.7 Å². The summed E-state index contributed by atoms with van der Waals surface area (Å²) in [4.78, 5) is 14.1. The molecular formula is C15H20Cl2N2O4S. The highest BCUT2D eigenvalue weighted by Crippen LogP contribution is 2.26. The number of rotatable bonds is 4. The summed E-state index contributed by atoms with van der Waals surface area (Å²) in [5, 5.41) is 13.1. The van der Waals surface area contributed by atoms with E-state index in [9.17, 15) is 18.3 Å². The van der Waals surface area contributed by atoms with Gasteiger partial charge in [0.25, 0.3) is 0 Å². The molecule has 9 heteroatoms. The lowest BCUT2D eigenvalue weighted by Gasteiger charge is -2.35. The Morgan fingerprint density at radius 2 is 1.96 bits per heavy atom. The van der Waals surface area contributed by atoms with Gasteiger partial charge in [-0.25, -0.2) is 13.2 Å². The molecule has 1 saturated heterocycles. The van der Waals surface area contributed by atoms with Gasteiger partial charge in [0.1, 0.15) is 9.84 Å².